The van der Waals surface area contributed by atoms with Crippen molar-refractivity contribution >= 4 is 23.2 Å². The standard InChI is InChI=1S/C22H23ClN4O/c1-27(15-10-18-6-11-24-12-7-18)20-9-14-25-21(16-20)22(28)26-13-8-17-2-4-19(23)5-3-17/h2-7,9,11-12,14,16H,8,10,13,15H2,1H3,(H,26,28). The number of halogens is 1. The number of likely N-dealkylation sites (N-methyl/N-ethyl adjacent to an activating group) is 1. The van der Waals surface area contributed by atoms with E-state index >= 15 is 0 Å². The molecule has 0 fully saturated rings. The van der Waals surface area contributed by atoms with Crippen molar-refractivity contribution in [3.63, 3.8) is 0 Å². The molecular formula is C22H23ClN4O. The van der Waals surface area contributed by atoms with Crippen LogP contribution in [-0.2, 0) is 12.8 Å². The van der Waals surface area contributed by atoms with E-state index in [0.29, 0.717) is 17.3 Å². The minimum absolute atomic E-state index is 0.168. The van der Waals surface area contributed by atoms with Gasteiger partial charge in [-0.1, -0.05) is 23.7 Å². The summed E-state index contributed by atoms with van der Waals surface area (Å²) in [5.41, 5.74) is 3.75. The number of hydrogen-bond donors (Lipinski definition) is 1. The number of nitrogens with one attached hydrogen (secondary N) is 1. The maximum absolute atomic E-state index is 12.4. The van der Waals surface area contributed by atoms with E-state index in [2.05, 4.69) is 20.2 Å². The van der Waals surface area contributed by atoms with Crippen LogP contribution in [0.2, 0.25) is 5.02 Å². The molecule has 0 bridgehead atoms. The van der Waals surface area contributed by atoms with Crippen molar-refractivity contribution in [1.29, 1.82) is 0 Å². The van der Waals surface area contributed by atoms with Gasteiger partial charge in [0.2, 0.25) is 0 Å². The molecule has 28 heavy (non-hydrogen) atoms. The summed E-state index contributed by atoms with van der Waals surface area (Å²) < 4.78 is 0. The number of carbonyl (C=O) groups is 1. The van der Waals surface area contributed by atoms with Gasteiger partial charge in [0.25, 0.3) is 5.91 Å². The summed E-state index contributed by atoms with van der Waals surface area (Å²) >= 11 is 5.89. The Hall–Kier alpha value is -2.92. The van der Waals surface area contributed by atoms with Crippen molar-refractivity contribution in [2.45, 2.75) is 12.8 Å². The fraction of sp³-hybridized carbons (Fsp3) is 0.227. The van der Waals surface area contributed by atoms with Crippen LogP contribution >= 0.6 is 11.6 Å². The normalized spacial score (nSPS) is 10.5. The van der Waals surface area contributed by atoms with E-state index < -0.39 is 0 Å². The molecular weight excluding hydrogens is 372 g/mol. The number of pyridine rings is 2. The number of hydrogen-bond acceptors (Lipinski definition) is 4. The van der Waals surface area contributed by atoms with E-state index in [1.807, 2.05) is 55.6 Å². The summed E-state index contributed by atoms with van der Waals surface area (Å²) in [7, 11) is 2.01. The molecule has 0 aliphatic carbocycles. The van der Waals surface area contributed by atoms with Crippen molar-refractivity contribution in [3.05, 3.63) is 89.0 Å². The number of amides is 1. The Kier molecular flexibility index (Phi) is 6.98. The summed E-state index contributed by atoms with van der Waals surface area (Å²) in [5, 5.41) is 3.64. The van der Waals surface area contributed by atoms with Gasteiger partial charge in [0, 0.05) is 49.4 Å². The molecule has 1 aromatic carbocycles. The fourth-order valence-electron chi connectivity index (χ4n) is 2.82. The predicted octanol–water partition coefficient (Wildman–Crippen LogP) is 3.78. The molecule has 0 aliphatic rings. The number of nitrogens with zero attached hydrogens (tertiary/aromatic N) is 3. The molecule has 144 valence electrons. The Morgan fingerprint density at radius 2 is 1.71 bits per heavy atom. The Bertz CT molecular complexity index is 900. The summed E-state index contributed by atoms with van der Waals surface area (Å²) in [6.07, 6.45) is 6.92. The monoisotopic (exact) mass is 394 g/mol. The van der Waals surface area contributed by atoms with Crippen LogP contribution < -0.4 is 10.2 Å². The lowest BCUT2D eigenvalue weighted by atomic mass is 10.1. The first-order chi connectivity index (χ1) is 13.6. The zero-order valence-corrected chi connectivity index (χ0v) is 16.6. The number of rotatable bonds is 8. The Balaban J connectivity index is 1.52. The van der Waals surface area contributed by atoms with Crippen LogP contribution in [0.3, 0.4) is 0 Å². The Morgan fingerprint density at radius 3 is 2.46 bits per heavy atom. The number of aromatic nitrogens is 2. The third-order valence-corrected chi connectivity index (χ3v) is 4.77. The minimum Gasteiger partial charge on any atom is -0.374 e. The topological polar surface area (TPSA) is 58.1 Å². The van der Waals surface area contributed by atoms with Crippen LogP contribution in [-0.4, -0.2) is 36.0 Å². The Morgan fingerprint density at radius 1 is 1.00 bits per heavy atom. The summed E-state index contributed by atoms with van der Waals surface area (Å²) in [5.74, 6) is -0.168. The summed E-state index contributed by atoms with van der Waals surface area (Å²) in [6, 6.07) is 15.4. The molecule has 0 radical (unpaired) electrons. The van der Waals surface area contributed by atoms with E-state index in [0.717, 1.165) is 30.6 Å². The van der Waals surface area contributed by atoms with E-state index in [1.54, 1.807) is 18.6 Å². The van der Waals surface area contributed by atoms with E-state index in [9.17, 15) is 4.79 Å². The van der Waals surface area contributed by atoms with Gasteiger partial charge in [0.1, 0.15) is 5.69 Å². The number of carbonyl (C=O) groups excluding carboxylic acids is 1. The average molecular weight is 395 g/mol. The first kappa shape index (κ1) is 19.8. The largest absolute Gasteiger partial charge is 0.374 e. The van der Waals surface area contributed by atoms with Gasteiger partial charge in [-0.05, 0) is 60.4 Å². The minimum atomic E-state index is -0.168. The molecule has 0 saturated heterocycles. The third kappa shape index (κ3) is 5.79. The molecule has 0 saturated carbocycles. The molecule has 5 nitrogen and oxygen atoms in total. The second-order valence-electron chi connectivity index (χ2n) is 6.56. The van der Waals surface area contributed by atoms with E-state index in [-0.39, 0.29) is 5.91 Å². The Labute approximate surface area is 170 Å². The lowest BCUT2D eigenvalue weighted by Gasteiger charge is -2.19. The highest BCUT2D eigenvalue weighted by Crippen LogP contribution is 2.14. The van der Waals surface area contributed by atoms with Gasteiger partial charge in [-0.15, -0.1) is 0 Å². The quantitative estimate of drug-likeness (QED) is 0.631. The van der Waals surface area contributed by atoms with Gasteiger partial charge < -0.3 is 10.2 Å². The highest BCUT2D eigenvalue weighted by Gasteiger charge is 2.10. The zero-order valence-electron chi connectivity index (χ0n) is 15.8. The summed E-state index contributed by atoms with van der Waals surface area (Å²) in [6.45, 7) is 1.38. The maximum Gasteiger partial charge on any atom is 0.269 e. The maximum atomic E-state index is 12.4. The van der Waals surface area contributed by atoms with Gasteiger partial charge >= 0.3 is 0 Å². The predicted molar refractivity (Wildman–Crippen MR) is 113 cm³/mol. The van der Waals surface area contributed by atoms with Crippen molar-refractivity contribution in [3.8, 4) is 0 Å². The van der Waals surface area contributed by atoms with Crippen molar-refractivity contribution in [2.24, 2.45) is 0 Å². The van der Waals surface area contributed by atoms with Gasteiger partial charge in [0.15, 0.2) is 0 Å². The van der Waals surface area contributed by atoms with E-state index in [1.165, 1.54) is 5.56 Å². The van der Waals surface area contributed by atoms with E-state index in [4.69, 9.17) is 11.6 Å². The van der Waals surface area contributed by atoms with Gasteiger partial charge in [0.05, 0.1) is 0 Å². The lowest BCUT2D eigenvalue weighted by molar-refractivity contribution is 0.0949. The molecule has 3 rings (SSSR count). The highest BCUT2D eigenvalue weighted by molar-refractivity contribution is 6.30. The first-order valence-electron chi connectivity index (χ1n) is 9.20. The first-order valence-corrected chi connectivity index (χ1v) is 9.58. The molecule has 0 spiro atoms. The average Bonchev–Trinajstić information content (AvgIpc) is 2.74. The van der Waals surface area contributed by atoms with Crippen LogP contribution in [0.15, 0.2) is 67.1 Å². The van der Waals surface area contributed by atoms with Crippen molar-refractivity contribution in [2.75, 3.05) is 25.0 Å². The third-order valence-electron chi connectivity index (χ3n) is 4.51. The number of anilines is 1. The van der Waals surface area contributed by atoms with Crippen LogP contribution in [0.5, 0.6) is 0 Å². The lowest BCUT2D eigenvalue weighted by Crippen LogP contribution is -2.27. The molecule has 2 heterocycles. The molecule has 0 atom stereocenters. The van der Waals surface area contributed by atoms with Crippen molar-refractivity contribution < 1.29 is 4.79 Å². The molecule has 1 N–H and O–H groups in total. The highest BCUT2D eigenvalue weighted by atomic mass is 35.5. The van der Waals surface area contributed by atoms with Gasteiger partial charge in [-0.2, -0.15) is 0 Å². The molecule has 0 unspecified atom stereocenters. The second kappa shape index (κ2) is 9.85. The molecule has 6 heteroatoms. The summed E-state index contributed by atoms with van der Waals surface area (Å²) in [4.78, 5) is 22.8. The second-order valence-corrected chi connectivity index (χ2v) is 7.00. The van der Waals surface area contributed by atoms with Crippen LogP contribution in [0.1, 0.15) is 21.6 Å². The van der Waals surface area contributed by atoms with Crippen LogP contribution in [0.4, 0.5) is 5.69 Å². The van der Waals surface area contributed by atoms with Gasteiger partial charge in [-0.25, -0.2) is 0 Å². The number of benzene rings is 1. The fourth-order valence-corrected chi connectivity index (χ4v) is 2.94. The van der Waals surface area contributed by atoms with Crippen molar-refractivity contribution in [1.82, 2.24) is 15.3 Å². The van der Waals surface area contributed by atoms with Crippen LogP contribution in [0.25, 0.3) is 0 Å². The molecule has 3 aromatic rings. The molecule has 1 amide bonds. The molecule has 2 aromatic heterocycles. The molecule has 0 aliphatic heterocycles. The van der Waals surface area contributed by atoms with Crippen LogP contribution in [0, 0.1) is 0 Å². The smallest absolute Gasteiger partial charge is 0.269 e. The SMILES string of the molecule is CN(CCc1ccncc1)c1ccnc(C(=O)NCCc2ccc(Cl)cc2)c1. The van der Waals surface area contributed by atoms with Gasteiger partial charge in [-0.3, -0.25) is 14.8 Å². The zero-order chi connectivity index (χ0) is 19.8.